The summed E-state index contributed by atoms with van der Waals surface area (Å²) in [5.41, 5.74) is 1.77. The van der Waals surface area contributed by atoms with Crippen LogP contribution in [-0.2, 0) is 6.61 Å². The minimum atomic E-state index is -0.00642. The van der Waals surface area contributed by atoms with Gasteiger partial charge in [-0.05, 0) is 31.2 Å². The minimum Gasteiger partial charge on any atom is -0.494 e. The van der Waals surface area contributed by atoms with E-state index >= 15 is 0 Å². The van der Waals surface area contributed by atoms with Gasteiger partial charge in [0.15, 0.2) is 0 Å². The number of ether oxygens (including phenoxy) is 1. The van der Waals surface area contributed by atoms with E-state index in [0.717, 1.165) is 16.3 Å². The van der Waals surface area contributed by atoms with Gasteiger partial charge in [0.1, 0.15) is 10.8 Å². The summed E-state index contributed by atoms with van der Waals surface area (Å²) in [4.78, 5) is 4.30. The van der Waals surface area contributed by atoms with Crippen molar-refractivity contribution in [3.63, 3.8) is 0 Å². The second-order valence-electron chi connectivity index (χ2n) is 3.26. The first kappa shape index (κ1) is 11.1. The molecule has 4 heteroatoms. The summed E-state index contributed by atoms with van der Waals surface area (Å²) in [5.74, 6) is 0.866. The molecule has 16 heavy (non-hydrogen) atoms. The number of benzene rings is 1. The third kappa shape index (κ3) is 2.40. The fourth-order valence-electron chi connectivity index (χ4n) is 1.37. The summed E-state index contributed by atoms with van der Waals surface area (Å²) in [7, 11) is 0. The molecule has 0 aliphatic rings. The van der Waals surface area contributed by atoms with Crippen molar-refractivity contribution in [2.45, 2.75) is 13.5 Å². The van der Waals surface area contributed by atoms with Crippen LogP contribution in [0.2, 0.25) is 0 Å². The molecule has 0 atom stereocenters. The van der Waals surface area contributed by atoms with Gasteiger partial charge in [0.2, 0.25) is 0 Å². The molecule has 84 valence electrons. The molecule has 0 radical (unpaired) electrons. The van der Waals surface area contributed by atoms with Gasteiger partial charge in [-0.1, -0.05) is 0 Å². The Kier molecular flexibility index (Phi) is 3.54. The van der Waals surface area contributed by atoms with Crippen LogP contribution in [0.25, 0.3) is 10.6 Å². The topological polar surface area (TPSA) is 42.4 Å². The number of aliphatic hydroxyl groups excluding tert-OH is 1. The zero-order valence-corrected chi connectivity index (χ0v) is 9.83. The normalized spacial score (nSPS) is 10.4. The van der Waals surface area contributed by atoms with Crippen molar-refractivity contribution in [2.75, 3.05) is 6.61 Å². The highest BCUT2D eigenvalue weighted by molar-refractivity contribution is 7.13. The van der Waals surface area contributed by atoms with Crippen LogP contribution in [0.15, 0.2) is 29.6 Å². The molecular formula is C12H13NO2S. The molecule has 0 bridgehead atoms. The Morgan fingerprint density at radius 3 is 2.62 bits per heavy atom. The molecule has 0 saturated carbocycles. The van der Waals surface area contributed by atoms with Crippen molar-refractivity contribution < 1.29 is 9.84 Å². The Labute approximate surface area is 98.4 Å². The Bertz CT molecular complexity index is 450. The molecule has 0 saturated heterocycles. The third-order valence-corrected chi connectivity index (χ3v) is 3.07. The van der Waals surface area contributed by atoms with E-state index < -0.39 is 0 Å². The summed E-state index contributed by atoms with van der Waals surface area (Å²) in [6, 6.07) is 7.81. The van der Waals surface area contributed by atoms with Crippen LogP contribution in [0.5, 0.6) is 5.75 Å². The van der Waals surface area contributed by atoms with Crippen LogP contribution < -0.4 is 4.74 Å². The van der Waals surface area contributed by atoms with Crippen molar-refractivity contribution in [1.82, 2.24) is 4.98 Å². The Balaban J connectivity index is 2.20. The number of hydrogen-bond donors (Lipinski definition) is 1. The van der Waals surface area contributed by atoms with Gasteiger partial charge in [-0.3, -0.25) is 0 Å². The number of nitrogens with zero attached hydrogens (tertiary/aromatic N) is 1. The lowest BCUT2D eigenvalue weighted by molar-refractivity contribution is 0.278. The van der Waals surface area contributed by atoms with Gasteiger partial charge in [-0.25, -0.2) is 4.98 Å². The van der Waals surface area contributed by atoms with E-state index in [2.05, 4.69) is 4.98 Å². The highest BCUT2D eigenvalue weighted by atomic mass is 32.1. The maximum Gasteiger partial charge on any atom is 0.123 e. The van der Waals surface area contributed by atoms with E-state index in [0.29, 0.717) is 12.3 Å². The highest BCUT2D eigenvalue weighted by Gasteiger charge is 2.03. The number of thiazole rings is 1. The Morgan fingerprint density at radius 1 is 1.31 bits per heavy atom. The zero-order valence-electron chi connectivity index (χ0n) is 9.01. The monoisotopic (exact) mass is 235 g/mol. The predicted molar refractivity (Wildman–Crippen MR) is 64.6 cm³/mol. The first-order chi connectivity index (χ1) is 7.83. The van der Waals surface area contributed by atoms with E-state index in [1.54, 1.807) is 0 Å². The summed E-state index contributed by atoms with van der Waals surface area (Å²) >= 11 is 1.53. The van der Waals surface area contributed by atoms with Crippen LogP contribution in [0.1, 0.15) is 12.6 Å². The molecule has 3 nitrogen and oxygen atoms in total. The zero-order chi connectivity index (χ0) is 11.4. The largest absolute Gasteiger partial charge is 0.494 e. The second-order valence-corrected chi connectivity index (χ2v) is 4.12. The maximum absolute atomic E-state index is 8.94. The standard InChI is InChI=1S/C12H13NO2S/c1-2-15-11-5-3-9(4-6-11)12-13-10(7-14)8-16-12/h3-6,8,14H,2,7H2,1H3. The van der Waals surface area contributed by atoms with Gasteiger partial charge < -0.3 is 9.84 Å². The van der Waals surface area contributed by atoms with E-state index in [1.807, 2.05) is 36.6 Å². The molecule has 1 N–H and O–H groups in total. The summed E-state index contributed by atoms with van der Waals surface area (Å²) < 4.78 is 5.37. The van der Waals surface area contributed by atoms with E-state index in [1.165, 1.54) is 11.3 Å². The van der Waals surface area contributed by atoms with Gasteiger partial charge in [0.25, 0.3) is 0 Å². The molecule has 2 rings (SSSR count). The van der Waals surface area contributed by atoms with E-state index in [4.69, 9.17) is 9.84 Å². The van der Waals surface area contributed by atoms with Crippen LogP contribution in [0.3, 0.4) is 0 Å². The summed E-state index contributed by atoms with van der Waals surface area (Å²) in [6.07, 6.45) is 0. The van der Waals surface area contributed by atoms with Gasteiger partial charge in [-0.15, -0.1) is 11.3 Å². The third-order valence-electron chi connectivity index (χ3n) is 2.13. The first-order valence-corrected chi connectivity index (χ1v) is 6.00. The van der Waals surface area contributed by atoms with Crippen molar-refractivity contribution in [3.05, 3.63) is 35.3 Å². The second kappa shape index (κ2) is 5.09. The SMILES string of the molecule is CCOc1ccc(-c2nc(CO)cs2)cc1. The maximum atomic E-state index is 8.94. The Hall–Kier alpha value is -1.39. The van der Waals surface area contributed by atoms with E-state index in [-0.39, 0.29) is 6.61 Å². The van der Waals surface area contributed by atoms with Crippen LogP contribution in [-0.4, -0.2) is 16.7 Å². The van der Waals surface area contributed by atoms with Gasteiger partial charge in [0, 0.05) is 10.9 Å². The molecule has 1 heterocycles. The lowest BCUT2D eigenvalue weighted by atomic mass is 10.2. The molecular weight excluding hydrogens is 222 g/mol. The minimum absolute atomic E-state index is 0.00642. The molecule has 0 amide bonds. The van der Waals surface area contributed by atoms with Crippen molar-refractivity contribution >= 4 is 11.3 Å². The average Bonchev–Trinajstić information content (AvgIpc) is 2.79. The molecule has 2 aromatic rings. The molecule has 1 aromatic carbocycles. The average molecular weight is 235 g/mol. The van der Waals surface area contributed by atoms with E-state index in [9.17, 15) is 0 Å². The van der Waals surface area contributed by atoms with Crippen LogP contribution >= 0.6 is 11.3 Å². The number of aliphatic hydroxyl groups is 1. The fraction of sp³-hybridized carbons (Fsp3) is 0.250. The van der Waals surface area contributed by atoms with Crippen LogP contribution in [0, 0.1) is 0 Å². The smallest absolute Gasteiger partial charge is 0.123 e. The van der Waals surface area contributed by atoms with Gasteiger partial charge in [-0.2, -0.15) is 0 Å². The highest BCUT2D eigenvalue weighted by Crippen LogP contribution is 2.25. The number of hydrogen-bond acceptors (Lipinski definition) is 4. The predicted octanol–water partition coefficient (Wildman–Crippen LogP) is 2.70. The van der Waals surface area contributed by atoms with Crippen LogP contribution in [0.4, 0.5) is 0 Å². The Morgan fingerprint density at radius 2 is 2.06 bits per heavy atom. The molecule has 0 fully saturated rings. The molecule has 0 spiro atoms. The lowest BCUT2D eigenvalue weighted by Gasteiger charge is -2.02. The van der Waals surface area contributed by atoms with Gasteiger partial charge in [0.05, 0.1) is 18.9 Å². The molecule has 1 aromatic heterocycles. The van der Waals surface area contributed by atoms with Crippen molar-refractivity contribution in [1.29, 1.82) is 0 Å². The van der Waals surface area contributed by atoms with Gasteiger partial charge >= 0.3 is 0 Å². The van der Waals surface area contributed by atoms with Crippen molar-refractivity contribution in [2.24, 2.45) is 0 Å². The number of rotatable bonds is 4. The molecule has 0 aliphatic heterocycles. The summed E-state index contributed by atoms with van der Waals surface area (Å²) in [5, 5.41) is 11.7. The number of aromatic nitrogens is 1. The fourth-order valence-corrected chi connectivity index (χ4v) is 2.19. The summed E-state index contributed by atoms with van der Waals surface area (Å²) in [6.45, 7) is 2.63. The lowest BCUT2D eigenvalue weighted by Crippen LogP contribution is -1.90. The van der Waals surface area contributed by atoms with Crippen molar-refractivity contribution in [3.8, 4) is 16.3 Å². The molecule has 0 aliphatic carbocycles. The molecule has 0 unspecified atom stereocenters. The first-order valence-electron chi connectivity index (χ1n) is 5.12. The quantitative estimate of drug-likeness (QED) is 0.886.